The molecular formula is C21H30N2O3. The van der Waals surface area contributed by atoms with Crippen LogP contribution in [0, 0.1) is 0 Å². The molecule has 26 heavy (non-hydrogen) atoms. The van der Waals surface area contributed by atoms with E-state index in [4.69, 9.17) is 5.11 Å². The van der Waals surface area contributed by atoms with Crippen molar-refractivity contribution < 1.29 is 14.7 Å². The summed E-state index contributed by atoms with van der Waals surface area (Å²) >= 11 is 0. The molecule has 5 heteroatoms. The SMILES string of the molecule is CCCN1CCCCC12Cc1ccccc1CN(C(=O)CCC(=O)O)C2. The van der Waals surface area contributed by atoms with Gasteiger partial charge in [-0.05, 0) is 49.9 Å². The number of hydrogen-bond donors (Lipinski definition) is 1. The average Bonchev–Trinajstić information content (AvgIpc) is 2.79. The van der Waals surface area contributed by atoms with E-state index < -0.39 is 5.97 Å². The first-order chi connectivity index (χ1) is 12.5. The van der Waals surface area contributed by atoms with Gasteiger partial charge in [0.15, 0.2) is 0 Å². The number of aliphatic carboxylic acids is 1. The fourth-order valence-electron chi connectivity index (χ4n) is 4.61. The standard InChI is InChI=1S/C21H30N2O3/c1-2-12-23-13-6-5-11-21(23)14-17-7-3-4-8-18(17)15-22(16-21)19(24)9-10-20(25)26/h3-4,7-8H,2,5-6,9-16H2,1H3,(H,25,26). The van der Waals surface area contributed by atoms with Crippen LogP contribution in [0.4, 0.5) is 0 Å². The van der Waals surface area contributed by atoms with Crippen molar-refractivity contribution >= 4 is 11.9 Å². The first-order valence-electron chi connectivity index (χ1n) is 9.85. The molecular weight excluding hydrogens is 328 g/mol. The van der Waals surface area contributed by atoms with Crippen molar-refractivity contribution in [3.63, 3.8) is 0 Å². The molecule has 0 bridgehead atoms. The molecule has 1 fully saturated rings. The summed E-state index contributed by atoms with van der Waals surface area (Å²) in [7, 11) is 0. The van der Waals surface area contributed by atoms with Crippen LogP contribution in [0.2, 0.25) is 0 Å². The van der Waals surface area contributed by atoms with Crippen LogP contribution in [-0.2, 0) is 22.6 Å². The number of carboxylic acids is 1. The summed E-state index contributed by atoms with van der Waals surface area (Å²) in [5.41, 5.74) is 2.53. The van der Waals surface area contributed by atoms with Crippen LogP contribution in [0.15, 0.2) is 24.3 Å². The smallest absolute Gasteiger partial charge is 0.303 e. The Morgan fingerprint density at radius 1 is 1.15 bits per heavy atom. The summed E-state index contributed by atoms with van der Waals surface area (Å²) in [5, 5.41) is 8.95. The monoisotopic (exact) mass is 358 g/mol. The van der Waals surface area contributed by atoms with Crippen LogP contribution >= 0.6 is 0 Å². The Balaban J connectivity index is 1.92. The Morgan fingerprint density at radius 2 is 1.92 bits per heavy atom. The molecule has 1 saturated heterocycles. The molecule has 2 aliphatic heterocycles. The van der Waals surface area contributed by atoms with Crippen molar-refractivity contribution in [1.29, 1.82) is 0 Å². The molecule has 0 aliphatic carbocycles. The number of fused-ring (bicyclic) bond motifs is 1. The second kappa shape index (κ2) is 8.21. The van der Waals surface area contributed by atoms with Gasteiger partial charge in [0, 0.05) is 25.0 Å². The molecule has 0 radical (unpaired) electrons. The lowest BCUT2D eigenvalue weighted by atomic mass is 9.80. The predicted octanol–water partition coefficient (Wildman–Crippen LogP) is 3.07. The highest BCUT2D eigenvalue weighted by Crippen LogP contribution is 2.36. The number of hydrogen-bond acceptors (Lipinski definition) is 3. The van der Waals surface area contributed by atoms with Crippen LogP contribution in [0.5, 0.6) is 0 Å². The van der Waals surface area contributed by atoms with Crippen molar-refractivity contribution in [2.45, 2.75) is 64.0 Å². The first kappa shape index (κ1) is 18.9. The van der Waals surface area contributed by atoms with Gasteiger partial charge in [-0.2, -0.15) is 0 Å². The molecule has 1 spiro atoms. The number of benzene rings is 1. The van der Waals surface area contributed by atoms with E-state index in [0.717, 1.165) is 32.4 Å². The summed E-state index contributed by atoms with van der Waals surface area (Å²) < 4.78 is 0. The summed E-state index contributed by atoms with van der Waals surface area (Å²) in [4.78, 5) is 28.2. The average molecular weight is 358 g/mol. The lowest BCUT2D eigenvalue weighted by Crippen LogP contribution is -2.59. The van der Waals surface area contributed by atoms with Gasteiger partial charge in [0.1, 0.15) is 0 Å². The van der Waals surface area contributed by atoms with Crippen LogP contribution in [0.25, 0.3) is 0 Å². The fourth-order valence-corrected chi connectivity index (χ4v) is 4.61. The summed E-state index contributed by atoms with van der Waals surface area (Å²) in [6.45, 7) is 5.66. The van der Waals surface area contributed by atoms with E-state index in [1.165, 1.54) is 24.0 Å². The van der Waals surface area contributed by atoms with E-state index in [0.29, 0.717) is 13.1 Å². The molecule has 142 valence electrons. The minimum atomic E-state index is -0.909. The largest absolute Gasteiger partial charge is 0.481 e. The predicted molar refractivity (Wildman–Crippen MR) is 101 cm³/mol. The van der Waals surface area contributed by atoms with Gasteiger partial charge in [-0.15, -0.1) is 0 Å². The number of carbonyl (C=O) groups is 2. The van der Waals surface area contributed by atoms with Crippen LogP contribution < -0.4 is 0 Å². The Bertz CT molecular complexity index is 658. The highest BCUT2D eigenvalue weighted by molar-refractivity contribution is 5.81. The summed E-state index contributed by atoms with van der Waals surface area (Å²) in [5.74, 6) is -0.945. The number of carboxylic acid groups (broad SMARTS) is 1. The van der Waals surface area contributed by atoms with E-state index in [1.807, 2.05) is 11.0 Å². The zero-order chi connectivity index (χ0) is 18.6. The van der Waals surface area contributed by atoms with Crippen molar-refractivity contribution in [3.05, 3.63) is 35.4 Å². The number of amides is 1. The van der Waals surface area contributed by atoms with Crippen molar-refractivity contribution in [2.75, 3.05) is 19.6 Å². The number of rotatable bonds is 5. The molecule has 1 atom stereocenters. The maximum absolute atomic E-state index is 12.8. The van der Waals surface area contributed by atoms with Gasteiger partial charge in [0.05, 0.1) is 6.42 Å². The number of likely N-dealkylation sites (tertiary alicyclic amines) is 1. The number of piperidine rings is 1. The molecule has 0 aromatic heterocycles. The molecule has 5 nitrogen and oxygen atoms in total. The highest BCUT2D eigenvalue weighted by Gasteiger charge is 2.42. The van der Waals surface area contributed by atoms with E-state index in [2.05, 4.69) is 30.0 Å². The fraction of sp³-hybridized carbons (Fsp3) is 0.619. The van der Waals surface area contributed by atoms with Crippen molar-refractivity contribution in [1.82, 2.24) is 9.80 Å². The number of carbonyl (C=O) groups excluding carboxylic acids is 1. The Morgan fingerprint density at radius 3 is 2.65 bits per heavy atom. The number of nitrogens with zero attached hydrogens (tertiary/aromatic N) is 2. The molecule has 2 aliphatic rings. The molecule has 0 saturated carbocycles. The van der Waals surface area contributed by atoms with Gasteiger partial charge in [0.2, 0.25) is 5.91 Å². The van der Waals surface area contributed by atoms with Crippen molar-refractivity contribution in [3.8, 4) is 0 Å². The molecule has 2 heterocycles. The van der Waals surface area contributed by atoms with Gasteiger partial charge in [0.25, 0.3) is 0 Å². The minimum Gasteiger partial charge on any atom is -0.481 e. The maximum atomic E-state index is 12.8. The van der Waals surface area contributed by atoms with Gasteiger partial charge >= 0.3 is 5.97 Å². The highest BCUT2D eigenvalue weighted by atomic mass is 16.4. The van der Waals surface area contributed by atoms with Crippen LogP contribution in [0.1, 0.15) is 56.6 Å². The maximum Gasteiger partial charge on any atom is 0.303 e. The minimum absolute atomic E-state index is 0.0141. The first-order valence-corrected chi connectivity index (χ1v) is 9.85. The molecule has 1 aromatic rings. The Hall–Kier alpha value is -1.88. The van der Waals surface area contributed by atoms with Gasteiger partial charge in [-0.3, -0.25) is 14.5 Å². The summed E-state index contributed by atoms with van der Waals surface area (Å²) in [6.07, 6.45) is 5.59. The zero-order valence-electron chi connectivity index (χ0n) is 15.7. The summed E-state index contributed by atoms with van der Waals surface area (Å²) in [6, 6.07) is 8.42. The Kier molecular flexibility index (Phi) is 5.97. The van der Waals surface area contributed by atoms with E-state index >= 15 is 0 Å². The molecule has 1 unspecified atom stereocenters. The van der Waals surface area contributed by atoms with Crippen molar-refractivity contribution in [2.24, 2.45) is 0 Å². The van der Waals surface area contributed by atoms with Crippen LogP contribution in [-0.4, -0.2) is 52.0 Å². The third-order valence-corrected chi connectivity index (χ3v) is 5.87. The molecule has 1 N–H and O–H groups in total. The van der Waals surface area contributed by atoms with E-state index in [9.17, 15) is 9.59 Å². The van der Waals surface area contributed by atoms with Gasteiger partial charge in [-0.25, -0.2) is 0 Å². The van der Waals surface area contributed by atoms with Gasteiger partial charge < -0.3 is 10.0 Å². The third kappa shape index (κ3) is 4.09. The van der Waals surface area contributed by atoms with E-state index in [1.54, 1.807) is 0 Å². The third-order valence-electron chi connectivity index (χ3n) is 5.87. The van der Waals surface area contributed by atoms with Gasteiger partial charge in [-0.1, -0.05) is 37.6 Å². The lowest BCUT2D eigenvalue weighted by molar-refractivity contribution is -0.142. The van der Waals surface area contributed by atoms with E-state index in [-0.39, 0.29) is 24.3 Å². The second-order valence-corrected chi connectivity index (χ2v) is 7.76. The topological polar surface area (TPSA) is 60.9 Å². The lowest BCUT2D eigenvalue weighted by Gasteiger charge is -2.48. The second-order valence-electron chi connectivity index (χ2n) is 7.76. The normalized spacial score (nSPS) is 23.5. The van der Waals surface area contributed by atoms with Crippen LogP contribution in [0.3, 0.4) is 0 Å². The zero-order valence-corrected chi connectivity index (χ0v) is 15.7. The Labute approximate surface area is 156 Å². The quantitative estimate of drug-likeness (QED) is 0.879. The molecule has 3 rings (SSSR count). The molecule has 1 aromatic carbocycles. The molecule has 1 amide bonds.